The lowest BCUT2D eigenvalue weighted by Gasteiger charge is -2.05. The maximum absolute atomic E-state index is 4.69. The fourth-order valence-electron chi connectivity index (χ4n) is 2.70. The van der Waals surface area contributed by atoms with E-state index in [9.17, 15) is 0 Å². The summed E-state index contributed by atoms with van der Waals surface area (Å²) in [6.45, 7) is 6.32. The number of hydrogen-bond donors (Lipinski definition) is 0. The smallest absolute Gasteiger partial charge is 0.211 e. The number of fused-ring (bicyclic) bond motifs is 1. The summed E-state index contributed by atoms with van der Waals surface area (Å²) in [7, 11) is 2.08. The van der Waals surface area contributed by atoms with Crippen LogP contribution in [0.3, 0.4) is 0 Å². The molecule has 6 heteroatoms. The van der Waals surface area contributed by atoms with Gasteiger partial charge in [-0.05, 0) is 19.2 Å². The Balaban J connectivity index is 2.12. The van der Waals surface area contributed by atoms with E-state index >= 15 is 0 Å². The van der Waals surface area contributed by atoms with Crippen molar-refractivity contribution in [2.75, 3.05) is 6.26 Å². The molecule has 0 spiro atoms. The number of benzene rings is 1. The fourth-order valence-corrected chi connectivity index (χ4v) is 3.14. The molecule has 23 heavy (non-hydrogen) atoms. The summed E-state index contributed by atoms with van der Waals surface area (Å²) in [5.74, 6) is 1.15. The molecule has 120 valence electrons. The molecule has 0 aliphatic rings. The van der Waals surface area contributed by atoms with E-state index in [4.69, 9.17) is 0 Å². The monoisotopic (exact) mass is 327 g/mol. The first-order valence-electron chi connectivity index (χ1n) is 7.62. The standard InChI is InChI=1S/C17H21N5S/c1-11(2)16-19-20-17(23-5)22(16)18-10-14-12(3)21(4)15-9-7-6-8-13(14)15/h6-11H,1-5H3/b18-10-. The van der Waals surface area contributed by atoms with Crippen LogP contribution in [-0.2, 0) is 7.05 Å². The van der Waals surface area contributed by atoms with Crippen molar-refractivity contribution in [2.45, 2.75) is 31.8 Å². The van der Waals surface area contributed by atoms with Crippen LogP contribution in [0.2, 0.25) is 0 Å². The normalized spacial score (nSPS) is 12.1. The number of hydrogen-bond acceptors (Lipinski definition) is 4. The number of aromatic nitrogens is 4. The average molecular weight is 327 g/mol. The Bertz CT molecular complexity index is 873. The minimum atomic E-state index is 0.272. The van der Waals surface area contributed by atoms with E-state index in [1.54, 1.807) is 11.8 Å². The van der Waals surface area contributed by atoms with Crippen molar-refractivity contribution in [3.05, 3.63) is 41.3 Å². The summed E-state index contributed by atoms with van der Waals surface area (Å²) in [4.78, 5) is 0. The molecule has 1 aromatic carbocycles. The SMILES string of the molecule is CSc1nnc(C(C)C)n1/N=C\c1c(C)n(C)c2ccccc12. The van der Waals surface area contributed by atoms with Gasteiger partial charge in [0.2, 0.25) is 5.16 Å². The quantitative estimate of drug-likeness (QED) is 0.541. The zero-order valence-corrected chi connectivity index (χ0v) is 14.9. The van der Waals surface area contributed by atoms with Crippen molar-refractivity contribution in [1.82, 2.24) is 19.4 Å². The van der Waals surface area contributed by atoms with Gasteiger partial charge in [0.05, 0.1) is 6.21 Å². The molecule has 3 aromatic rings. The fraction of sp³-hybridized carbons (Fsp3) is 0.353. The van der Waals surface area contributed by atoms with Gasteiger partial charge in [0.15, 0.2) is 5.82 Å². The molecule has 2 aromatic heterocycles. The lowest BCUT2D eigenvalue weighted by Crippen LogP contribution is -2.02. The number of para-hydroxylation sites is 1. The largest absolute Gasteiger partial charge is 0.347 e. The van der Waals surface area contributed by atoms with Gasteiger partial charge < -0.3 is 4.57 Å². The third kappa shape index (κ3) is 2.67. The molecule has 0 fully saturated rings. The first-order chi connectivity index (χ1) is 11.0. The second-order valence-electron chi connectivity index (χ2n) is 5.83. The maximum Gasteiger partial charge on any atom is 0.211 e. The van der Waals surface area contributed by atoms with Crippen LogP contribution in [0.25, 0.3) is 10.9 Å². The van der Waals surface area contributed by atoms with Gasteiger partial charge >= 0.3 is 0 Å². The van der Waals surface area contributed by atoms with Gasteiger partial charge in [0.1, 0.15) is 0 Å². The highest BCUT2D eigenvalue weighted by Gasteiger charge is 2.14. The Kier molecular flexibility index (Phi) is 4.26. The highest BCUT2D eigenvalue weighted by molar-refractivity contribution is 7.98. The molecule has 0 aliphatic heterocycles. The summed E-state index contributed by atoms with van der Waals surface area (Å²) < 4.78 is 4.04. The van der Waals surface area contributed by atoms with Crippen molar-refractivity contribution in [3.63, 3.8) is 0 Å². The molecule has 0 radical (unpaired) electrons. The van der Waals surface area contributed by atoms with Crippen molar-refractivity contribution in [1.29, 1.82) is 0 Å². The number of aryl methyl sites for hydroxylation is 1. The Morgan fingerprint density at radius 3 is 2.65 bits per heavy atom. The van der Waals surface area contributed by atoms with E-state index in [-0.39, 0.29) is 5.92 Å². The van der Waals surface area contributed by atoms with Gasteiger partial charge in [-0.25, -0.2) is 0 Å². The van der Waals surface area contributed by atoms with E-state index in [1.807, 2.05) is 17.1 Å². The molecule has 5 nitrogen and oxygen atoms in total. The molecule has 0 aliphatic carbocycles. The molecule has 0 N–H and O–H groups in total. The van der Waals surface area contributed by atoms with E-state index in [2.05, 4.69) is 72.0 Å². The average Bonchev–Trinajstić information content (AvgIpc) is 3.06. The van der Waals surface area contributed by atoms with E-state index < -0.39 is 0 Å². The van der Waals surface area contributed by atoms with Crippen LogP contribution in [0, 0.1) is 6.92 Å². The van der Waals surface area contributed by atoms with Gasteiger partial charge in [0.25, 0.3) is 0 Å². The first-order valence-corrected chi connectivity index (χ1v) is 8.84. The maximum atomic E-state index is 4.69. The molecule has 0 unspecified atom stereocenters. The summed E-state index contributed by atoms with van der Waals surface area (Å²) in [6.07, 6.45) is 3.91. The lowest BCUT2D eigenvalue weighted by molar-refractivity contribution is 0.667. The van der Waals surface area contributed by atoms with Crippen LogP contribution >= 0.6 is 11.8 Å². The van der Waals surface area contributed by atoms with Gasteiger partial charge in [-0.2, -0.15) is 9.78 Å². The minimum Gasteiger partial charge on any atom is -0.347 e. The molecule has 3 rings (SSSR count). The zero-order chi connectivity index (χ0) is 16.6. The highest BCUT2D eigenvalue weighted by Crippen LogP contribution is 2.24. The zero-order valence-electron chi connectivity index (χ0n) is 14.1. The van der Waals surface area contributed by atoms with Crippen molar-refractivity contribution in [2.24, 2.45) is 12.1 Å². The lowest BCUT2D eigenvalue weighted by atomic mass is 10.1. The molecule has 0 saturated heterocycles. The molecule has 0 bridgehead atoms. The Hall–Kier alpha value is -2.08. The summed E-state index contributed by atoms with van der Waals surface area (Å²) >= 11 is 1.55. The number of thioether (sulfide) groups is 1. The van der Waals surface area contributed by atoms with E-state index in [0.29, 0.717) is 0 Å². The predicted octanol–water partition coefficient (Wildman–Crippen LogP) is 3.81. The number of rotatable bonds is 4. The molecular formula is C17H21N5S. The van der Waals surface area contributed by atoms with Crippen LogP contribution in [0.4, 0.5) is 0 Å². The topological polar surface area (TPSA) is 48.0 Å². The van der Waals surface area contributed by atoms with Gasteiger partial charge in [-0.3, -0.25) is 0 Å². The molecule has 0 atom stereocenters. The Morgan fingerprint density at radius 2 is 1.96 bits per heavy atom. The molecule has 2 heterocycles. The summed E-state index contributed by atoms with van der Waals surface area (Å²) in [6, 6.07) is 8.38. The predicted molar refractivity (Wildman–Crippen MR) is 96.5 cm³/mol. The third-order valence-electron chi connectivity index (χ3n) is 4.09. The van der Waals surface area contributed by atoms with Crippen LogP contribution in [0.5, 0.6) is 0 Å². The first kappa shape index (κ1) is 15.8. The molecule has 0 saturated carbocycles. The Morgan fingerprint density at radius 1 is 1.22 bits per heavy atom. The van der Waals surface area contributed by atoms with Crippen molar-refractivity contribution >= 4 is 28.9 Å². The second kappa shape index (κ2) is 6.20. The number of nitrogens with zero attached hydrogens (tertiary/aromatic N) is 5. The summed E-state index contributed by atoms with van der Waals surface area (Å²) in [5, 5.41) is 15.2. The second-order valence-corrected chi connectivity index (χ2v) is 6.60. The van der Waals surface area contributed by atoms with Crippen LogP contribution in [-0.4, -0.2) is 31.9 Å². The summed E-state index contributed by atoms with van der Waals surface area (Å²) in [5.41, 5.74) is 3.54. The highest BCUT2D eigenvalue weighted by atomic mass is 32.2. The van der Waals surface area contributed by atoms with Crippen LogP contribution < -0.4 is 0 Å². The van der Waals surface area contributed by atoms with Crippen molar-refractivity contribution < 1.29 is 0 Å². The Labute approximate surface area is 140 Å². The van der Waals surface area contributed by atoms with E-state index in [0.717, 1.165) is 16.5 Å². The van der Waals surface area contributed by atoms with Crippen LogP contribution in [0.15, 0.2) is 34.5 Å². The van der Waals surface area contributed by atoms with Crippen molar-refractivity contribution in [3.8, 4) is 0 Å². The van der Waals surface area contributed by atoms with Gasteiger partial charge in [0, 0.05) is 35.1 Å². The minimum absolute atomic E-state index is 0.272. The van der Waals surface area contributed by atoms with Crippen LogP contribution in [0.1, 0.15) is 36.8 Å². The molecule has 0 amide bonds. The van der Waals surface area contributed by atoms with Gasteiger partial charge in [-0.15, -0.1) is 10.2 Å². The third-order valence-corrected chi connectivity index (χ3v) is 4.71. The van der Waals surface area contributed by atoms with Gasteiger partial charge in [-0.1, -0.05) is 43.8 Å². The molecular weight excluding hydrogens is 306 g/mol. The van der Waals surface area contributed by atoms with E-state index in [1.165, 1.54) is 16.6 Å².